The van der Waals surface area contributed by atoms with Gasteiger partial charge in [-0.05, 0) is 29.8 Å². The van der Waals surface area contributed by atoms with Crippen LogP contribution in [0.4, 0.5) is 0 Å². The van der Waals surface area contributed by atoms with Crippen LogP contribution in [0.25, 0.3) is 0 Å². The molecule has 0 bridgehead atoms. The topological polar surface area (TPSA) is 0 Å². The van der Waals surface area contributed by atoms with Crippen LogP contribution in [0.2, 0.25) is 0 Å². The highest BCUT2D eigenvalue weighted by molar-refractivity contribution is 7.99. The van der Waals surface area contributed by atoms with E-state index >= 15 is 0 Å². The minimum atomic E-state index is 0.522. The van der Waals surface area contributed by atoms with Crippen LogP contribution in [0.1, 0.15) is 72.6 Å². The van der Waals surface area contributed by atoms with Gasteiger partial charge in [0.05, 0.1) is 0 Å². The molecule has 0 aliphatic rings. The van der Waals surface area contributed by atoms with Gasteiger partial charge in [-0.2, -0.15) is 11.8 Å². The lowest BCUT2D eigenvalue weighted by Gasteiger charge is -2.17. The maximum atomic E-state index is 2.33. The Labute approximate surface area is 102 Å². The van der Waals surface area contributed by atoms with Gasteiger partial charge in [-0.1, -0.05) is 59.8 Å². The minimum Gasteiger partial charge on any atom is -0.162 e. The zero-order valence-electron chi connectivity index (χ0n) is 11.3. The Bertz CT molecular complexity index is 124. The molecule has 0 amide bonds. The number of unbranched alkanes of at least 4 members (excludes halogenated alkanes) is 5. The van der Waals surface area contributed by atoms with E-state index in [2.05, 4.69) is 39.5 Å². The second-order valence-corrected chi connectivity index (χ2v) is 6.92. The summed E-state index contributed by atoms with van der Waals surface area (Å²) in [4.78, 5) is 0. The molecule has 0 aromatic carbocycles. The molecule has 0 fully saturated rings. The highest BCUT2D eigenvalue weighted by atomic mass is 32.2. The molecular weight excluding hydrogens is 200 g/mol. The van der Waals surface area contributed by atoms with Gasteiger partial charge in [0, 0.05) is 0 Å². The van der Waals surface area contributed by atoms with Crippen molar-refractivity contribution < 1.29 is 0 Å². The maximum absolute atomic E-state index is 2.33. The van der Waals surface area contributed by atoms with Crippen molar-refractivity contribution >= 4 is 11.8 Å². The molecule has 0 saturated carbocycles. The van der Waals surface area contributed by atoms with E-state index in [0.717, 1.165) is 0 Å². The van der Waals surface area contributed by atoms with Crippen LogP contribution in [-0.4, -0.2) is 11.5 Å². The van der Waals surface area contributed by atoms with Gasteiger partial charge < -0.3 is 0 Å². The third kappa shape index (κ3) is 14.4. The third-order valence-electron chi connectivity index (χ3n) is 2.64. The van der Waals surface area contributed by atoms with E-state index in [9.17, 15) is 0 Å². The molecule has 0 saturated heterocycles. The Kier molecular flexibility index (Phi) is 9.79. The van der Waals surface area contributed by atoms with Crippen molar-refractivity contribution in [3.8, 4) is 0 Å². The van der Waals surface area contributed by atoms with Crippen molar-refractivity contribution in [1.82, 2.24) is 0 Å². The van der Waals surface area contributed by atoms with Gasteiger partial charge in [0.2, 0.25) is 0 Å². The van der Waals surface area contributed by atoms with Gasteiger partial charge in [-0.3, -0.25) is 0 Å². The molecule has 0 atom stereocenters. The molecule has 15 heavy (non-hydrogen) atoms. The monoisotopic (exact) mass is 230 g/mol. The fourth-order valence-corrected chi connectivity index (χ4v) is 2.83. The summed E-state index contributed by atoms with van der Waals surface area (Å²) in [6.45, 7) is 9.28. The van der Waals surface area contributed by atoms with Gasteiger partial charge >= 0.3 is 0 Å². The molecule has 0 aliphatic carbocycles. The van der Waals surface area contributed by atoms with Crippen LogP contribution in [0, 0.1) is 5.41 Å². The molecule has 0 spiro atoms. The van der Waals surface area contributed by atoms with E-state index in [-0.39, 0.29) is 0 Å². The fraction of sp³-hybridized carbons (Fsp3) is 1.00. The molecule has 0 heterocycles. The summed E-state index contributed by atoms with van der Waals surface area (Å²) in [6.07, 6.45) is 9.92. The van der Waals surface area contributed by atoms with Gasteiger partial charge in [0.25, 0.3) is 0 Å². The number of thioether (sulfide) groups is 1. The Morgan fingerprint density at radius 1 is 0.800 bits per heavy atom. The summed E-state index contributed by atoms with van der Waals surface area (Å²) in [5, 5.41) is 0. The highest BCUT2D eigenvalue weighted by Crippen LogP contribution is 2.21. The third-order valence-corrected chi connectivity index (χ3v) is 3.71. The van der Waals surface area contributed by atoms with Crippen molar-refractivity contribution in [2.24, 2.45) is 5.41 Å². The first-order chi connectivity index (χ1) is 7.06. The SMILES string of the molecule is CCCCCCCCSCCC(C)(C)C. The lowest BCUT2D eigenvalue weighted by Crippen LogP contribution is -2.05. The molecule has 0 nitrogen and oxygen atoms in total. The second kappa shape index (κ2) is 9.57. The standard InChI is InChI=1S/C14H30S/c1-5-6-7-8-9-10-12-15-13-11-14(2,3)4/h5-13H2,1-4H3. The Morgan fingerprint density at radius 2 is 1.40 bits per heavy atom. The van der Waals surface area contributed by atoms with E-state index in [4.69, 9.17) is 0 Å². The van der Waals surface area contributed by atoms with E-state index in [1.54, 1.807) is 0 Å². The normalized spacial score (nSPS) is 12.0. The number of rotatable bonds is 9. The van der Waals surface area contributed by atoms with E-state index in [1.807, 2.05) is 0 Å². The second-order valence-electron chi connectivity index (χ2n) is 5.69. The minimum absolute atomic E-state index is 0.522. The first-order valence-corrected chi connectivity index (χ1v) is 7.79. The van der Waals surface area contributed by atoms with Crippen LogP contribution in [0.3, 0.4) is 0 Å². The lowest BCUT2D eigenvalue weighted by atomic mass is 9.94. The molecule has 0 radical (unpaired) electrons. The molecule has 0 aromatic rings. The zero-order chi connectivity index (χ0) is 11.6. The summed E-state index contributed by atoms with van der Waals surface area (Å²) in [5.41, 5.74) is 0.522. The maximum Gasteiger partial charge on any atom is -0.00626 e. The van der Waals surface area contributed by atoms with Gasteiger partial charge in [-0.25, -0.2) is 0 Å². The summed E-state index contributed by atoms with van der Waals surface area (Å²) < 4.78 is 0. The number of hydrogen-bond acceptors (Lipinski definition) is 1. The smallest absolute Gasteiger partial charge is 0.00626 e. The van der Waals surface area contributed by atoms with Crippen molar-refractivity contribution in [2.75, 3.05) is 11.5 Å². The molecular formula is C14H30S. The summed E-state index contributed by atoms with van der Waals surface area (Å²) >= 11 is 2.14. The average molecular weight is 230 g/mol. The van der Waals surface area contributed by atoms with E-state index in [1.165, 1.54) is 56.5 Å². The summed E-state index contributed by atoms with van der Waals surface area (Å²) in [7, 11) is 0. The van der Waals surface area contributed by atoms with Crippen molar-refractivity contribution in [1.29, 1.82) is 0 Å². The lowest BCUT2D eigenvalue weighted by molar-refractivity contribution is 0.401. The Balaban J connectivity index is 2.99. The molecule has 0 rings (SSSR count). The van der Waals surface area contributed by atoms with Gasteiger partial charge in [-0.15, -0.1) is 0 Å². The van der Waals surface area contributed by atoms with Crippen LogP contribution < -0.4 is 0 Å². The molecule has 0 N–H and O–H groups in total. The molecule has 1 heteroatoms. The van der Waals surface area contributed by atoms with Crippen molar-refractivity contribution in [3.05, 3.63) is 0 Å². The van der Waals surface area contributed by atoms with Crippen LogP contribution >= 0.6 is 11.8 Å². The first-order valence-electron chi connectivity index (χ1n) is 6.64. The predicted octanol–water partition coefficient (Wildman–Crippen LogP) is 5.52. The summed E-state index contributed by atoms with van der Waals surface area (Å²) in [5.74, 6) is 2.72. The van der Waals surface area contributed by atoms with Crippen LogP contribution in [0.15, 0.2) is 0 Å². The zero-order valence-corrected chi connectivity index (χ0v) is 12.1. The largest absolute Gasteiger partial charge is 0.162 e. The molecule has 0 aromatic heterocycles. The molecule has 0 unspecified atom stereocenters. The quantitative estimate of drug-likeness (QED) is 0.470. The fourth-order valence-electron chi connectivity index (χ4n) is 1.46. The molecule has 0 aliphatic heterocycles. The Morgan fingerprint density at radius 3 is 2.00 bits per heavy atom. The average Bonchev–Trinajstić information content (AvgIpc) is 2.14. The Hall–Kier alpha value is 0.350. The highest BCUT2D eigenvalue weighted by Gasteiger charge is 2.08. The molecule has 92 valence electrons. The van der Waals surface area contributed by atoms with Crippen molar-refractivity contribution in [3.63, 3.8) is 0 Å². The first kappa shape index (κ1) is 15.3. The van der Waals surface area contributed by atoms with Gasteiger partial charge in [0.15, 0.2) is 0 Å². The van der Waals surface area contributed by atoms with Crippen LogP contribution in [-0.2, 0) is 0 Å². The summed E-state index contributed by atoms with van der Waals surface area (Å²) in [6, 6.07) is 0. The van der Waals surface area contributed by atoms with Gasteiger partial charge in [0.1, 0.15) is 0 Å². The van der Waals surface area contributed by atoms with E-state index in [0.29, 0.717) is 5.41 Å². The predicted molar refractivity (Wildman–Crippen MR) is 74.8 cm³/mol. The van der Waals surface area contributed by atoms with Crippen LogP contribution in [0.5, 0.6) is 0 Å². The number of hydrogen-bond donors (Lipinski definition) is 0. The van der Waals surface area contributed by atoms with E-state index < -0.39 is 0 Å². The van der Waals surface area contributed by atoms with Crippen molar-refractivity contribution in [2.45, 2.75) is 72.6 Å².